The molecule has 188 valence electrons. The van der Waals surface area contributed by atoms with Gasteiger partial charge in [0.25, 0.3) is 0 Å². The molecule has 2 N–H and O–H groups in total. The van der Waals surface area contributed by atoms with E-state index in [1.807, 2.05) is 55.4 Å². The quantitative estimate of drug-likeness (QED) is 0.568. The summed E-state index contributed by atoms with van der Waals surface area (Å²) >= 11 is 0. The Morgan fingerprint density at radius 2 is 1.54 bits per heavy atom. The summed E-state index contributed by atoms with van der Waals surface area (Å²) in [6.45, 7) is 5.52. The van der Waals surface area contributed by atoms with Crippen molar-refractivity contribution in [2.24, 2.45) is 0 Å². The third-order valence-electron chi connectivity index (χ3n) is 6.17. The second-order valence-electron chi connectivity index (χ2n) is 10.1. The molecule has 0 heterocycles. The summed E-state index contributed by atoms with van der Waals surface area (Å²) in [5.41, 5.74) is 3.73. The minimum atomic E-state index is -1.11. The van der Waals surface area contributed by atoms with E-state index in [-0.39, 0.29) is 12.5 Å². The predicted octanol–water partition coefficient (Wildman–Crippen LogP) is 3.56. The number of rotatable bonds is 9. The fourth-order valence-electron chi connectivity index (χ4n) is 4.40. The van der Waals surface area contributed by atoms with Crippen molar-refractivity contribution < 1.29 is 24.2 Å². The van der Waals surface area contributed by atoms with E-state index in [9.17, 15) is 19.5 Å². The lowest BCUT2D eigenvalue weighted by Crippen LogP contribution is -2.56. The zero-order valence-corrected chi connectivity index (χ0v) is 21.1. The van der Waals surface area contributed by atoms with Crippen LogP contribution in [0.2, 0.25) is 0 Å². The second kappa shape index (κ2) is 10.9. The van der Waals surface area contributed by atoms with Gasteiger partial charge in [0.2, 0.25) is 5.91 Å². The van der Waals surface area contributed by atoms with Crippen LogP contribution >= 0.6 is 0 Å². The van der Waals surface area contributed by atoms with Crippen molar-refractivity contribution >= 4 is 18.0 Å². The van der Waals surface area contributed by atoms with Gasteiger partial charge in [-0.3, -0.25) is 9.59 Å². The summed E-state index contributed by atoms with van der Waals surface area (Å²) in [7, 11) is 3.74. The molecule has 0 aromatic heterocycles. The normalized spacial score (nSPS) is 13.7. The number of benzene rings is 2. The van der Waals surface area contributed by atoms with Crippen LogP contribution in [0.4, 0.5) is 4.79 Å². The molecule has 1 aliphatic carbocycles. The van der Waals surface area contributed by atoms with Gasteiger partial charge in [-0.25, -0.2) is 4.79 Å². The van der Waals surface area contributed by atoms with Gasteiger partial charge in [-0.2, -0.15) is 0 Å². The molecule has 8 nitrogen and oxygen atoms in total. The molecule has 2 amide bonds. The molecule has 0 aliphatic heterocycles. The van der Waals surface area contributed by atoms with Crippen LogP contribution < -0.4 is 5.32 Å². The van der Waals surface area contributed by atoms with Crippen LogP contribution in [0.25, 0.3) is 11.1 Å². The van der Waals surface area contributed by atoms with E-state index in [0.29, 0.717) is 13.0 Å². The summed E-state index contributed by atoms with van der Waals surface area (Å²) in [6, 6.07) is 15.2. The first kappa shape index (κ1) is 26.2. The first-order valence-electron chi connectivity index (χ1n) is 11.8. The lowest BCUT2D eigenvalue weighted by Gasteiger charge is -2.37. The highest BCUT2D eigenvalue weighted by Gasteiger charge is 2.35. The summed E-state index contributed by atoms with van der Waals surface area (Å²) < 4.78 is 5.62. The molecule has 3 rings (SSSR count). The number of nitrogens with zero attached hydrogens (tertiary/aromatic N) is 2. The highest BCUT2D eigenvalue weighted by Crippen LogP contribution is 2.44. The van der Waals surface area contributed by atoms with Crippen molar-refractivity contribution in [1.82, 2.24) is 15.1 Å². The third kappa shape index (κ3) is 6.39. The van der Waals surface area contributed by atoms with Gasteiger partial charge in [-0.05, 0) is 70.1 Å². The van der Waals surface area contributed by atoms with Crippen LogP contribution in [-0.2, 0) is 14.3 Å². The maximum absolute atomic E-state index is 13.3. The molecule has 35 heavy (non-hydrogen) atoms. The van der Waals surface area contributed by atoms with Crippen LogP contribution in [0.5, 0.6) is 0 Å². The molecule has 1 unspecified atom stereocenters. The summed E-state index contributed by atoms with van der Waals surface area (Å²) in [4.78, 5) is 40.8. The fraction of sp³-hybridized carbons (Fsp3) is 0.444. The zero-order chi connectivity index (χ0) is 25.8. The number of ether oxygens (including phenoxy) is 1. The van der Waals surface area contributed by atoms with Crippen molar-refractivity contribution in [3.8, 4) is 11.1 Å². The minimum absolute atomic E-state index is 0.0952. The Hall–Kier alpha value is -3.39. The predicted molar refractivity (Wildman–Crippen MR) is 134 cm³/mol. The Morgan fingerprint density at radius 1 is 1.00 bits per heavy atom. The lowest BCUT2D eigenvalue weighted by atomic mass is 9.98. The molecular weight excluding hydrogens is 446 g/mol. The largest absolute Gasteiger partial charge is 0.480 e. The molecule has 0 bridgehead atoms. The molecule has 0 radical (unpaired) electrons. The van der Waals surface area contributed by atoms with E-state index in [4.69, 9.17) is 4.74 Å². The number of hydrogen-bond acceptors (Lipinski definition) is 5. The van der Waals surface area contributed by atoms with Crippen molar-refractivity contribution in [1.29, 1.82) is 0 Å². The average molecular weight is 482 g/mol. The number of alkyl carbamates (subject to hydrolysis) is 1. The van der Waals surface area contributed by atoms with Crippen LogP contribution in [0.3, 0.4) is 0 Å². The van der Waals surface area contributed by atoms with Crippen molar-refractivity contribution in [3.05, 3.63) is 59.7 Å². The van der Waals surface area contributed by atoms with E-state index >= 15 is 0 Å². The molecular formula is C27H35N3O5. The van der Waals surface area contributed by atoms with Gasteiger partial charge in [0, 0.05) is 11.5 Å². The van der Waals surface area contributed by atoms with Crippen molar-refractivity contribution in [3.63, 3.8) is 0 Å². The second-order valence-corrected chi connectivity index (χ2v) is 10.1. The van der Waals surface area contributed by atoms with E-state index in [2.05, 4.69) is 17.4 Å². The number of aliphatic carboxylic acids is 1. The van der Waals surface area contributed by atoms with Gasteiger partial charge in [0.05, 0.1) is 0 Å². The number of carboxylic acid groups (broad SMARTS) is 1. The minimum Gasteiger partial charge on any atom is -0.480 e. The maximum Gasteiger partial charge on any atom is 0.407 e. The number of nitrogens with one attached hydrogen (secondary N) is 1. The number of hydrogen-bond donors (Lipinski definition) is 2. The highest BCUT2D eigenvalue weighted by atomic mass is 16.5. The van der Waals surface area contributed by atoms with Gasteiger partial charge in [-0.1, -0.05) is 48.5 Å². The molecule has 2 aromatic carbocycles. The van der Waals surface area contributed by atoms with Crippen LogP contribution in [-0.4, -0.2) is 78.2 Å². The molecule has 8 heteroatoms. The van der Waals surface area contributed by atoms with E-state index in [0.717, 1.165) is 22.3 Å². The van der Waals surface area contributed by atoms with Crippen molar-refractivity contribution in [2.45, 2.75) is 44.7 Å². The zero-order valence-electron chi connectivity index (χ0n) is 21.1. The van der Waals surface area contributed by atoms with Gasteiger partial charge in [0.1, 0.15) is 19.2 Å². The monoisotopic (exact) mass is 481 g/mol. The van der Waals surface area contributed by atoms with E-state index in [1.165, 1.54) is 4.90 Å². The molecule has 0 saturated heterocycles. The highest BCUT2D eigenvalue weighted by molar-refractivity contribution is 5.88. The topological polar surface area (TPSA) is 99.2 Å². The molecule has 1 aliphatic rings. The van der Waals surface area contributed by atoms with Gasteiger partial charge in [0.15, 0.2) is 0 Å². The number of fused-ring (bicyclic) bond motifs is 3. The first-order valence-corrected chi connectivity index (χ1v) is 11.8. The molecule has 2 aromatic rings. The summed E-state index contributed by atoms with van der Waals surface area (Å²) in [5, 5.41) is 12.0. The molecule has 1 atom stereocenters. The van der Waals surface area contributed by atoms with Crippen molar-refractivity contribution in [2.75, 3.05) is 33.8 Å². The molecule has 0 saturated carbocycles. The Bertz CT molecular complexity index is 1030. The van der Waals surface area contributed by atoms with Gasteiger partial charge >= 0.3 is 12.1 Å². The Balaban J connectivity index is 1.73. The molecule has 0 spiro atoms. The first-order chi connectivity index (χ1) is 16.5. The van der Waals surface area contributed by atoms with Gasteiger partial charge in [-0.15, -0.1) is 0 Å². The molecule has 0 fully saturated rings. The Kier molecular flexibility index (Phi) is 8.17. The van der Waals surface area contributed by atoms with Crippen LogP contribution in [0.1, 0.15) is 44.2 Å². The Labute approximate surface area is 206 Å². The number of carboxylic acids is 1. The van der Waals surface area contributed by atoms with Crippen LogP contribution in [0.15, 0.2) is 48.5 Å². The lowest BCUT2D eigenvalue weighted by molar-refractivity contribution is -0.149. The fourth-order valence-corrected chi connectivity index (χ4v) is 4.40. The summed E-state index contributed by atoms with van der Waals surface area (Å²) in [5.74, 6) is -1.65. The number of carbonyl (C=O) groups excluding carboxylic acids is 2. The SMILES string of the molecule is CN(C)CCC(NC(=O)OCC1c2ccccc2-c2ccccc21)C(=O)N(CC(=O)O)C(C)(C)C. The van der Waals surface area contributed by atoms with Gasteiger partial charge < -0.3 is 25.0 Å². The standard InChI is InChI=1S/C27H35N3O5/c1-27(2,3)30(16-24(31)32)25(33)23(14-15-29(4)5)28-26(34)35-17-22-20-12-8-6-10-18(20)19-11-7-9-13-21(19)22/h6-13,22-23H,14-17H2,1-5H3,(H,28,34)(H,31,32). The summed E-state index contributed by atoms with van der Waals surface area (Å²) in [6.07, 6.45) is -0.379. The van der Waals surface area contributed by atoms with E-state index in [1.54, 1.807) is 20.8 Å². The van der Waals surface area contributed by atoms with E-state index < -0.39 is 36.1 Å². The smallest absolute Gasteiger partial charge is 0.407 e. The maximum atomic E-state index is 13.3. The number of carbonyl (C=O) groups is 3. The third-order valence-corrected chi connectivity index (χ3v) is 6.17. The Morgan fingerprint density at radius 3 is 2.03 bits per heavy atom. The number of amides is 2. The average Bonchev–Trinajstić information content (AvgIpc) is 3.11. The van der Waals surface area contributed by atoms with Crippen LogP contribution in [0, 0.1) is 0 Å².